The van der Waals surface area contributed by atoms with Crippen LogP contribution in [0.1, 0.15) is 53.7 Å². The van der Waals surface area contributed by atoms with Crippen LogP contribution < -0.4 is 5.32 Å². The van der Waals surface area contributed by atoms with Gasteiger partial charge in [0.15, 0.2) is 6.61 Å². The molecule has 1 aliphatic rings. The average Bonchev–Trinajstić information content (AvgIpc) is 3.27. The number of pyridine rings is 1. The lowest BCUT2D eigenvalue weighted by atomic mass is 9.70. The van der Waals surface area contributed by atoms with Crippen LogP contribution in [0.25, 0.3) is 10.9 Å². The summed E-state index contributed by atoms with van der Waals surface area (Å²) < 4.78 is 5.48. The van der Waals surface area contributed by atoms with E-state index in [2.05, 4.69) is 26.1 Å². The number of hydrogen-bond acceptors (Lipinski definition) is 5. The van der Waals surface area contributed by atoms with E-state index in [0.717, 1.165) is 46.3 Å². The third-order valence-electron chi connectivity index (χ3n) is 6.06. The summed E-state index contributed by atoms with van der Waals surface area (Å²) in [6, 6.07) is 11.6. The van der Waals surface area contributed by atoms with E-state index < -0.39 is 5.97 Å². The second-order valence-corrected chi connectivity index (χ2v) is 10.2. The van der Waals surface area contributed by atoms with Crippen LogP contribution in [0, 0.1) is 11.3 Å². The number of fused-ring (bicyclic) bond motifs is 2. The van der Waals surface area contributed by atoms with Gasteiger partial charge in [0.1, 0.15) is 0 Å². The van der Waals surface area contributed by atoms with E-state index in [9.17, 15) is 9.59 Å². The number of benzene rings is 1. The van der Waals surface area contributed by atoms with Crippen LogP contribution in [0.3, 0.4) is 0 Å². The van der Waals surface area contributed by atoms with Crippen LogP contribution in [-0.4, -0.2) is 23.5 Å². The van der Waals surface area contributed by atoms with Crippen LogP contribution in [0.15, 0.2) is 41.8 Å². The average molecular weight is 437 g/mol. The summed E-state index contributed by atoms with van der Waals surface area (Å²) in [6.45, 7) is 6.88. The Labute approximate surface area is 186 Å². The Balaban J connectivity index is 1.57. The van der Waals surface area contributed by atoms with Gasteiger partial charge in [0, 0.05) is 16.0 Å². The zero-order valence-electron chi connectivity index (χ0n) is 18.2. The van der Waals surface area contributed by atoms with Gasteiger partial charge >= 0.3 is 5.97 Å². The van der Waals surface area contributed by atoms with Crippen molar-refractivity contribution in [3.05, 3.63) is 63.5 Å². The topological polar surface area (TPSA) is 68.3 Å². The standard InChI is InChI=1S/C25H28N2O3S/c1-25(2,3)16-10-11-21-19(13-16)23(18-8-4-5-9-20(18)27-21)24(29)30-15-22(28)26-14-17-7-6-12-31-17/h4-9,12,16H,10-11,13-15H2,1-3H3,(H,26,28). The van der Waals surface area contributed by atoms with Gasteiger partial charge < -0.3 is 10.1 Å². The highest BCUT2D eigenvalue weighted by Gasteiger charge is 2.33. The molecule has 0 saturated heterocycles. The maximum atomic E-state index is 13.2. The summed E-state index contributed by atoms with van der Waals surface area (Å²) >= 11 is 1.58. The van der Waals surface area contributed by atoms with Crippen LogP contribution in [0.2, 0.25) is 0 Å². The summed E-state index contributed by atoms with van der Waals surface area (Å²) in [7, 11) is 0. The minimum Gasteiger partial charge on any atom is -0.452 e. The van der Waals surface area contributed by atoms with E-state index in [4.69, 9.17) is 9.72 Å². The third kappa shape index (κ3) is 4.79. The van der Waals surface area contributed by atoms with Crippen molar-refractivity contribution in [3.63, 3.8) is 0 Å². The van der Waals surface area contributed by atoms with Crippen molar-refractivity contribution in [2.24, 2.45) is 11.3 Å². The predicted molar refractivity (Wildman–Crippen MR) is 123 cm³/mol. The SMILES string of the molecule is CC(C)(C)C1CCc2nc3ccccc3c(C(=O)OCC(=O)NCc3cccs3)c2C1. The molecule has 1 unspecified atom stereocenters. The number of nitrogens with one attached hydrogen (secondary N) is 1. The molecule has 5 nitrogen and oxygen atoms in total. The van der Waals surface area contributed by atoms with E-state index in [1.807, 2.05) is 41.8 Å². The molecule has 0 saturated carbocycles. The number of aryl methyl sites for hydroxylation is 1. The summed E-state index contributed by atoms with van der Waals surface area (Å²) in [6.07, 6.45) is 2.71. The number of amides is 1. The Hall–Kier alpha value is -2.73. The van der Waals surface area contributed by atoms with Gasteiger partial charge in [-0.3, -0.25) is 9.78 Å². The number of nitrogens with zero attached hydrogens (tertiary/aromatic N) is 1. The number of hydrogen-bond donors (Lipinski definition) is 1. The Morgan fingerprint density at radius 1 is 1.19 bits per heavy atom. The van der Waals surface area contributed by atoms with Crippen LogP contribution in [0.4, 0.5) is 0 Å². The largest absolute Gasteiger partial charge is 0.452 e. The molecule has 0 spiro atoms. The predicted octanol–water partition coefficient (Wildman–Crippen LogP) is 4.92. The first-order chi connectivity index (χ1) is 14.8. The summed E-state index contributed by atoms with van der Waals surface area (Å²) in [5, 5.41) is 5.55. The molecule has 1 N–H and O–H groups in total. The minimum atomic E-state index is -0.448. The molecule has 6 heteroatoms. The van der Waals surface area contributed by atoms with Crippen LogP contribution >= 0.6 is 11.3 Å². The van der Waals surface area contributed by atoms with Gasteiger partial charge in [0.2, 0.25) is 0 Å². The molecule has 2 heterocycles. The molecule has 3 aromatic rings. The maximum Gasteiger partial charge on any atom is 0.339 e. The first-order valence-corrected chi connectivity index (χ1v) is 11.6. The highest BCUT2D eigenvalue weighted by molar-refractivity contribution is 7.09. The van der Waals surface area contributed by atoms with Crippen LogP contribution in [-0.2, 0) is 28.9 Å². The molecule has 0 aliphatic heterocycles. The van der Waals surface area contributed by atoms with Gasteiger partial charge in [-0.2, -0.15) is 0 Å². The van der Waals surface area contributed by atoms with Gasteiger partial charge in [-0.05, 0) is 53.7 Å². The summed E-state index contributed by atoms with van der Waals surface area (Å²) in [5.74, 6) is -0.291. The molecule has 1 atom stereocenters. The molecule has 0 radical (unpaired) electrons. The zero-order chi connectivity index (χ0) is 22.0. The van der Waals surface area contributed by atoms with Gasteiger partial charge in [0.25, 0.3) is 5.91 Å². The second-order valence-electron chi connectivity index (χ2n) is 9.17. The lowest BCUT2D eigenvalue weighted by Gasteiger charge is -2.35. The second kappa shape index (κ2) is 8.79. The molecular weight excluding hydrogens is 408 g/mol. The molecule has 0 fully saturated rings. The molecular formula is C25H28N2O3S. The van der Waals surface area contributed by atoms with Gasteiger partial charge in [0.05, 0.1) is 17.6 Å². The van der Waals surface area contributed by atoms with Crippen molar-refractivity contribution in [2.45, 2.75) is 46.6 Å². The number of ether oxygens (including phenoxy) is 1. The van der Waals surface area contributed by atoms with Crippen molar-refractivity contribution < 1.29 is 14.3 Å². The first kappa shape index (κ1) is 21.5. The number of aromatic nitrogens is 1. The fraction of sp³-hybridized carbons (Fsp3) is 0.400. The number of rotatable bonds is 5. The summed E-state index contributed by atoms with van der Waals surface area (Å²) in [4.78, 5) is 31.3. The minimum absolute atomic E-state index is 0.145. The Morgan fingerprint density at radius 2 is 2.00 bits per heavy atom. The highest BCUT2D eigenvalue weighted by atomic mass is 32.1. The van der Waals surface area contributed by atoms with E-state index in [-0.39, 0.29) is 17.9 Å². The number of carbonyl (C=O) groups is 2. The monoisotopic (exact) mass is 436 g/mol. The fourth-order valence-electron chi connectivity index (χ4n) is 4.21. The third-order valence-corrected chi connectivity index (χ3v) is 6.94. The van der Waals surface area contributed by atoms with Crippen molar-refractivity contribution in [1.29, 1.82) is 0 Å². The maximum absolute atomic E-state index is 13.2. The molecule has 0 bridgehead atoms. The van der Waals surface area contributed by atoms with E-state index >= 15 is 0 Å². The normalized spacial score (nSPS) is 16.0. The van der Waals surface area contributed by atoms with Crippen molar-refractivity contribution >= 4 is 34.1 Å². The number of carbonyl (C=O) groups excluding carboxylic acids is 2. The Morgan fingerprint density at radius 3 is 2.74 bits per heavy atom. The summed E-state index contributed by atoms with van der Waals surface area (Å²) in [5.41, 5.74) is 3.47. The quantitative estimate of drug-likeness (QED) is 0.577. The molecule has 4 rings (SSSR count). The van der Waals surface area contributed by atoms with E-state index in [0.29, 0.717) is 18.0 Å². The smallest absolute Gasteiger partial charge is 0.339 e. The lowest BCUT2D eigenvalue weighted by Crippen LogP contribution is -2.30. The zero-order valence-corrected chi connectivity index (χ0v) is 19.1. The molecule has 162 valence electrons. The van der Waals surface area contributed by atoms with E-state index in [1.54, 1.807) is 11.3 Å². The van der Waals surface area contributed by atoms with Gasteiger partial charge in [-0.15, -0.1) is 11.3 Å². The number of para-hydroxylation sites is 1. The van der Waals surface area contributed by atoms with Gasteiger partial charge in [-0.25, -0.2) is 4.79 Å². The molecule has 1 amide bonds. The Bertz CT molecular complexity index is 1100. The fourth-order valence-corrected chi connectivity index (χ4v) is 4.86. The molecule has 1 aliphatic carbocycles. The van der Waals surface area contributed by atoms with Crippen LogP contribution in [0.5, 0.6) is 0 Å². The van der Waals surface area contributed by atoms with Crippen molar-refractivity contribution in [2.75, 3.05) is 6.61 Å². The number of thiophene rings is 1. The molecule has 31 heavy (non-hydrogen) atoms. The van der Waals surface area contributed by atoms with Crippen molar-refractivity contribution in [1.82, 2.24) is 10.3 Å². The molecule has 1 aromatic carbocycles. The highest BCUT2D eigenvalue weighted by Crippen LogP contribution is 2.39. The number of esters is 1. The lowest BCUT2D eigenvalue weighted by molar-refractivity contribution is -0.124. The first-order valence-electron chi connectivity index (χ1n) is 10.7. The van der Waals surface area contributed by atoms with E-state index in [1.165, 1.54) is 0 Å². The Kier molecular flexibility index (Phi) is 6.10. The van der Waals surface area contributed by atoms with Gasteiger partial charge in [-0.1, -0.05) is 45.0 Å². The molecule has 2 aromatic heterocycles. The van der Waals surface area contributed by atoms with Crippen molar-refractivity contribution in [3.8, 4) is 0 Å².